The molecule has 1 aromatic heterocycles. The summed E-state index contributed by atoms with van der Waals surface area (Å²) in [6.07, 6.45) is 0. The maximum absolute atomic E-state index is 7.20. The average molecular weight is 814 g/mol. The molecule has 0 fully saturated rings. The highest BCUT2D eigenvalue weighted by Crippen LogP contribution is 2.50. The fraction of sp³-hybridized carbons (Fsp3) is 0.0333. The highest BCUT2D eigenvalue weighted by molar-refractivity contribution is 6.90. The molecule has 0 saturated carbocycles. The summed E-state index contributed by atoms with van der Waals surface area (Å²) < 4.78 is 2.70. The summed E-state index contributed by atoms with van der Waals surface area (Å²) >= 11 is 0. The molecular formula is C60H40BN3. The van der Waals surface area contributed by atoms with Gasteiger partial charge in [0.25, 0.3) is 0 Å². The van der Waals surface area contributed by atoms with Gasteiger partial charge < -0.3 is 15.1 Å². The topological polar surface area (TPSA) is 34.2 Å². The Kier molecular flexibility index (Phi) is 7.20. The molecule has 0 radical (unpaired) electrons. The van der Waals surface area contributed by atoms with Gasteiger partial charge in [-0.05, 0) is 155 Å². The molecule has 3 nitrogen and oxygen atoms in total. The number of anilines is 4. The first-order valence-electron chi connectivity index (χ1n) is 22.3. The quantitative estimate of drug-likeness (QED) is 0.110. The summed E-state index contributed by atoms with van der Waals surface area (Å²) in [4.78, 5) is 2.54. The maximum atomic E-state index is 7.20. The minimum Gasteiger partial charge on any atom is -0.399 e. The first kappa shape index (κ1) is 35.5. The number of nitrogens with two attached hydrogens (primary N) is 1. The van der Waals surface area contributed by atoms with Crippen LogP contribution in [0, 0.1) is 13.8 Å². The van der Waals surface area contributed by atoms with E-state index in [-0.39, 0.29) is 6.85 Å². The molecule has 2 N–H and O–H groups in total. The molecule has 64 heavy (non-hydrogen) atoms. The molecule has 2 aliphatic rings. The van der Waals surface area contributed by atoms with Crippen LogP contribution in [0.15, 0.2) is 194 Å². The summed E-state index contributed by atoms with van der Waals surface area (Å²) in [5.74, 6) is 0. The monoisotopic (exact) mass is 813 g/mol. The first-order valence-corrected chi connectivity index (χ1v) is 22.3. The smallest absolute Gasteiger partial charge is 0.333 e. The fourth-order valence-corrected chi connectivity index (χ4v) is 11.7. The van der Waals surface area contributed by atoms with Crippen molar-refractivity contribution in [1.82, 2.24) is 4.48 Å². The van der Waals surface area contributed by atoms with Crippen LogP contribution in [0.2, 0.25) is 0 Å². The summed E-state index contributed by atoms with van der Waals surface area (Å²) in [7, 11) is 0. The molecule has 0 aliphatic carbocycles. The average Bonchev–Trinajstić information content (AvgIpc) is 3.70. The summed E-state index contributed by atoms with van der Waals surface area (Å²) in [6.45, 7) is 4.48. The lowest BCUT2D eigenvalue weighted by atomic mass is 9.45. The van der Waals surface area contributed by atoms with E-state index >= 15 is 0 Å². The van der Waals surface area contributed by atoms with Gasteiger partial charge in [0.1, 0.15) is 0 Å². The lowest BCUT2D eigenvalue weighted by Crippen LogP contribution is -2.56. The van der Waals surface area contributed by atoms with Gasteiger partial charge in [0.15, 0.2) is 0 Å². The number of benzene rings is 11. The van der Waals surface area contributed by atoms with E-state index in [0.29, 0.717) is 0 Å². The van der Waals surface area contributed by atoms with E-state index in [4.69, 9.17) is 5.73 Å². The minimum absolute atomic E-state index is 0.131. The number of nitrogens with zero attached hydrogens (tertiary/aromatic N) is 2. The Morgan fingerprint density at radius 2 is 1.00 bits per heavy atom. The SMILES string of the molecule is Cc1c2ccccc2c(C)c2cc3c(cc12)B1c2c(cc(N)cc2N3c2cc(-c3ccccc3)cc(-c3ccccc3)c2)-c2cc3ccccc3c3c4c5ccccc5ccc4n1c23. The Hall–Kier alpha value is -8.08. The largest absolute Gasteiger partial charge is 0.399 e. The van der Waals surface area contributed by atoms with E-state index in [1.165, 1.54) is 126 Å². The van der Waals surface area contributed by atoms with Gasteiger partial charge in [-0.3, -0.25) is 0 Å². The summed E-state index contributed by atoms with van der Waals surface area (Å²) in [5.41, 5.74) is 26.1. The zero-order valence-electron chi connectivity index (χ0n) is 35.5. The van der Waals surface area contributed by atoms with Gasteiger partial charge in [-0.1, -0.05) is 146 Å². The Labute approximate surface area is 371 Å². The number of aryl methyl sites for hydroxylation is 2. The van der Waals surface area contributed by atoms with Crippen LogP contribution in [0.25, 0.3) is 98.3 Å². The predicted molar refractivity (Wildman–Crippen MR) is 275 cm³/mol. The molecule has 0 saturated heterocycles. The Balaban J connectivity index is 1.18. The van der Waals surface area contributed by atoms with E-state index in [9.17, 15) is 0 Å². The lowest BCUT2D eigenvalue weighted by Gasteiger charge is -2.41. The van der Waals surface area contributed by atoms with Gasteiger partial charge in [-0.2, -0.15) is 0 Å². The van der Waals surface area contributed by atoms with Crippen molar-refractivity contribution < 1.29 is 0 Å². The molecule has 2 aliphatic heterocycles. The van der Waals surface area contributed by atoms with Crippen molar-refractivity contribution in [2.24, 2.45) is 0 Å². The number of hydrogen-bond acceptors (Lipinski definition) is 2. The second-order valence-electron chi connectivity index (χ2n) is 17.9. The maximum Gasteiger partial charge on any atom is 0.333 e. The second kappa shape index (κ2) is 13.0. The van der Waals surface area contributed by atoms with Gasteiger partial charge in [0, 0.05) is 50.1 Å². The zero-order chi connectivity index (χ0) is 42.4. The molecule has 0 unspecified atom stereocenters. The van der Waals surface area contributed by atoms with E-state index < -0.39 is 0 Å². The molecule has 3 heterocycles. The van der Waals surface area contributed by atoms with Crippen LogP contribution in [0.4, 0.5) is 22.7 Å². The van der Waals surface area contributed by atoms with Crippen molar-refractivity contribution >= 4 is 105 Å². The molecule has 11 aromatic carbocycles. The fourth-order valence-electron chi connectivity index (χ4n) is 11.7. The molecule has 298 valence electrons. The molecule has 12 aromatic rings. The third kappa shape index (κ3) is 4.77. The third-order valence-corrected chi connectivity index (χ3v) is 14.6. The van der Waals surface area contributed by atoms with E-state index in [1.54, 1.807) is 0 Å². The van der Waals surface area contributed by atoms with Gasteiger partial charge >= 0.3 is 6.85 Å². The van der Waals surface area contributed by atoms with Crippen molar-refractivity contribution in [3.63, 3.8) is 0 Å². The van der Waals surface area contributed by atoms with E-state index in [1.807, 2.05) is 0 Å². The minimum atomic E-state index is -0.131. The van der Waals surface area contributed by atoms with Crippen LogP contribution in [-0.2, 0) is 0 Å². The molecule has 4 heteroatoms. The van der Waals surface area contributed by atoms with Crippen molar-refractivity contribution in [3.8, 4) is 33.4 Å². The van der Waals surface area contributed by atoms with Crippen LogP contribution >= 0.6 is 0 Å². The van der Waals surface area contributed by atoms with Crippen molar-refractivity contribution in [2.45, 2.75) is 13.8 Å². The highest BCUT2D eigenvalue weighted by Gasteiger charge is 2.44. The number of fused-ring (bicyclic) bond motifs is 13. The van der Waals surface area contributed by atoms with Gasteiger partial charge in [0.05, 0.1) is 0 Å². The standard InChI is InChI=1S/C60H40BN3/c1-35-45-21-13-14-22-46(45)36(2)50-34-55-53(33-49(35)50)61-59-51(52-30-40-20-10-12-24-48(40)58-57-47-23-11-9-19-39(47)25-26-54(57)64(61)60(52)58)31-43(62)32-56(59)63(55)44-28-41(37-15-5-3-6-16-37)27-42(29-44)38-17-7-4-8-18-38/h3-34H,62H2,1-2H3. The lowest BCUT2D eigenvalue weighted by molar-refractivity contribution is 1.26. The Morgan fingerprint density at radius 1 is 0.422 bits per heavy atom. The summed E-state index contributed by atoms with van der Waals surface area (Å²) in [6, 6.07) is 72.1. The van der Waals surface area contributed by atoms with E-state index in [0.717, 1.165) is 17.1 Å². The molecule has 0 amide bonds. The van der Waals surface area contributed by atoms with Crippen LogP contribution in [0.3, 0.4) is 0 Å². The summed E-state index contributed by atoms with van der Waals surface area (Å²) in [5, 5.41) is 12.8. The molecule has 14 rings (SSSR count). The van der Waals surface area contributed by atoms with Gasteiger partial charge in [0.2, 0.25) is 0 Å². The number of aromatic nitrogens is 1. The molecule has 0 spiro atoms. The normalized spacial score (nSPS) is 12.8. The number of rotatable bonds is 3. The molecule has 0 bridgehead atoms. The first-order chi connectivity index (χ1) is 31.5. The number of hydrogen-bond donors (Lipinski definition) is 1. The van der Waals surface area contributed by atoms with Crippen LogP contribution in [-0.4, -0.2) is 11.3 Å². The van der Waals surface area contributed by atoms with Crippen molar-refractivity contribution in [2.75, 3.05) is 10.6 Å². The van der Waals surface area contributed by atoms with Crippen molar-refractivity contribution in [1.29, 1.82) is 0 Å². The van der Waals surface area contributed by atoms with Crippen molar-refractivity contribution in [3.05, 3.63) is 205 Å². The van der Waals surface area contributed by atoms with Gasteiger partial charge in [-0.25, -0.2) is 0 Å². The number of nitrogen functional groups attached to an aromatic ring is 1. The zero-order valence-corrected chi connectivity index (χ0v) is 35.5. The highest BCUT2D eigenvalue weighted by atomic mass is 15.2. The van der Waals surface area contributed by atoms with Crippen LogP contribution in [0.5, 0.6) is 0 Å². The Bertz CT molecular complexity index is 3940. The molecule has 0 atom stereocenters. The Morgan fingerprint density at radius 3 is 1.67 bits per heavy atom. The second-order valence-corrected chi connectivity index (χ2v) is 17.9. The third-order valence-electron chi connectivity index (χ3n) is 14.6. The van der Waals surface area contributed by atoms with Crippen LogP contribution in [0.1, 0.15) is 11.1 Å². The van der Waals surface area contributed by atoms with Gasteiger partial charge in [-0.15, -0.1) is 0 Å². The molecular weight excluding hydrogens is 773 g/mol. The van der Waals surface area contributed by atoms with E-state index in [2.05, 4.69) is 217 Å². The predicted octanol–water partition coefficient (Wildman–Crippen LogP) is 14.4. The van der Waals surface area contributed by atoms with Crippen LogP contribution < -0.4 is 21.6 Å².